The summed E-state index contributed by atoms with van der Waals surface area (Å²) in [7, 11) is 0. The number of nitrogens with zero attached hydrogens (tertiary/aromatic N) is 2. The molecule has 1 N–H and O–H groups in total. The van der Waals surface area contributed by atoms with Gasteiger partial charge in [-0.3, -0.25) is 0 Å². The minimum Gasteiger partial charge on any atom is -0.339 e. The third-order valence-electron chi connectivity index (χ3n) is 3.83. The van der Waals surface area contributed by atoms with Gasteiger partial charge in [0.05, 0.1) is 0 Å². The van der Waals surface area contributed by atoms with Crippen molar-refractivity contribution < 1.29 is 4.52 Å². The van der Waals surface area contributed by atoms with Crippen LogP contribution in [0.4, 0.5) is 0 Å². The van der Waals surface area contributed by atoms with Crippen molar-refractivity contribution in [1.82, 2.24) is 15.5 Å². The van der Waals surface area contributed by atoms with Crippen LogP contribution in [0, 0.1) is 12.8 Å². The lowest BCUT2D eigenvalue weighted by Crippen LogP contribution is -2.09. The Bertz CT molecular complexity index is 591. The van der Waals surface area contributed by atoms with E-state index in [1.165, 1.54) is 6.42 Å². The molecule has 1 aromatic heterocycles. The maximum atomic E-state index is 6.12. The first-order chi connectivity index (χ1) is 9.72. The van der Waals surface area contributed by atoms with Crippen molar-refractivity contribution in [3.8, 4) is 11.4 Å². The highest BCUT2D eigenvalue weighted by Gasteiger charge is 2.16. The molecule has 2 heterocycles. The highest BCUT2D eigenvalue weighted by Crippen LogP contribution is 2.24. The van der Waals surface area contributed by atoms with E-state index in [-0.39, 0.29) is 0 Å². The van der Waals surface area contributed by atoms with E-state index in [4.69, 9.17) is 16.1 Å². The smallest absolute Gasteiger partial charge is 0.226 e. The lowest BCUT2D eigenvalue weighted by atomic mass is 10.0. The molecule has 0 radical (unpaired) electrons. The fourth-order valence-electron chi connectivity index (χ4n) is 2.49. The highest BCUT2D eigenvalue weighted by molar-refractivity contribution is 6.31. The molecule has 0 spiro atoms. The van der Waals surface area contributed by atoms with Crippen LogP contribution in [0.5, 0.6) is 0 Å². The van der Waals surface area contributed by atoms with Crippen LogP contribution in [0.25, 0.3) is 11.4 Å². The van der Waals surface area contributed by atoms with Crippen LogP contribution in [0.1, 0.15) is 24.3 Å². The molecule has 1 fully saturated rings. The van der Waals surface area contributed by atoms with Crippen molar-refractivity contribution in [3.05, 3.63) is 34.7 Å². The minimum atomic E-state index is 0.617. The van der Waals surface area contributed by atoms with Crippen molar-refractivity contribution >= 4 is 11.6 Å². The fraction of sp³-hybridized carbons (Fsp3) is 0.467. The number of aromatic nitrogens is 2. The number of halogens is 1. The Morgan fingerprint density at radius 2 is 2.35 bits per heavy atom. The van der Waals surface area contributed by atoms with E-state index >= 15 is 0 Å². The predicted octanol–water partition coefficient (Wildman–Crippen LogP) is 3.24. The first-order valence-electron chi connectivity index (χ1n) is 7.02. The molecule has 1 unspecified atom stereocenters. The molecule has 1 aromatic carbocycles. The van der Waals surface area contributed by atoms with Gasteiger partial charge < -0.3 is 9.84 Å². The molecular formula is C15H18ClN3O. The van der Waals surface area contributed by atoms with Crippen LogP contribution in [0.15, 0.2) is 22.7 Å². The number of nitrogens with one attached hydrogen (secondary N) is 1. The van der Waals surface area contributed by atoms with Crippen molar-refractivity contribution in [2.45, 2.75) is 26.2 Å². The van der Waals surface area contributed by atoms with Crippen LogP contribution in [0.2, 0.25) is 5.02 Å². The summed E-state index contributed by atoms with van der Waals surface area (Å²) in [6, 6.07) is 5.82. The van der Waals surface area contributed by atoms with Crippen LogP contribution in [0.3, 0.4) is 0 Å². The summed E-state index contributed by atoms with van der Waals surface area (Å²) in [5, 5.41) is 8.14. The summed E-state index contributed by atoms with van der Waals surface area (Å²) in [5.41, 5.74) is 1.95. The second kappa shape index (κ2) is 5.94. The standard InChI is InChI=1S/C15H18ClN3O/c1-10-2-4-12(8-13(10)16)15-18-14(20-19-15)5-3-11-6-7-17-9-11/h2,4,8,11,17H,3,5-7,9H2,1H3. The Hall–Kier alpha value is -1.39. The van der Waals surface area contributed by atoms with Gasteiger partial charge in [0, 0.05) is 17.0 Å². The van der Waals surface area contributed by atoms with Gasteiger partial charge in [-0.05, 0) is 50.4 Å². The zero-order valence-electron chi connectivity index (χ0n) is 11.5. The van der Waals surface area contributed by atoms with Crippen LogP contribution >= 0.6 is 11.6 Å². The SMILES string of the molecule is Cc1ccc(-c2noc(CCC3CCNC3)n2)cc1Cl. The van der Waals surface area contributed by atoms with E-state index in [0.29, 0.717) is 11.7 Å². The van der Waals surface area contributed by atoms with Crippen LogP contribution in [-0.2, 0) is 6.42 Å². The molecule has 1 aliphatic rings. The molecule has 1 saturated heterocycles. The summed E-state index contributed by atoms with van der Waals surface area (Å²) in [4.78, 5) is 4.46. The molecule has 20 heavy (non-hydrogen) atoms. The summed E-state index contributed by atoms with van der Waals surface area (Å²) >= 11 is 6.12. The number of hydrogen-bond donors (Lipinski definition) is 1. The van der Waals surface area contributed by atoms with Crippen LogP contribution < -0.4 is 5.32 Å². The Kier molecular flexibility index (Phi) is 4.03. The van der Waals surface area contributed by atoms with Gasteiger partial charge in [-0.25, -0.2) is 0 Å². The summed E-state index contributed by atoms with van der Waals surface area (Å²) in [5.74, 6) is 2.06. The lowest BCUT2D eigenvalue weighted by Gasteiger charge is -2.04. The zero-order chi connectivity index (χ0) is 13.9. The van der Waals surface area contributed by atoms with Crippen LogP contribution in [-0.4, -0.2) is 23.2 Å². The van der Waals surface area contributed by atoms with Gasteiger partial charge in [0.25, 0.3) is 0 Å². The van der Waals surface area contributed by atoms with Gasteiger partial charge in [-0.1, -0.05) is 28.9 Å². The lowest BCUT2D eigenvalue weighted by molar-refractivity contribution is 0.365. The fourth-order valence-corrected chi connectivity index (χ4v) is 2.67. The molecule has 106 valence electrons. The van der Waals surface area contributed by atoms with Gasteiger partial charge in [0.15, 0.2) is 0 Å². The first-order valence-corrected chi connectivity index (χ1v) is 7.40. The van der Waals surface area contributed by atoms with Gasteiger partial charge >= 0.3 is 0 Å². The van der Waals surface area contributed by atoms with Crippen molar-refractivity contribution in [2.24, 2.45) is 5.92 Å². The van der Waals surface area contributed by atoms with Gasteiger partial charge in [0.1, 0.15) is 0 Å². The summed E-state index contributed by atoms with van der Waals surface area (Å²) < 4.78 is 5.32. The van der Waals surface area contributed by atoms with Crippen molar-refractivity contribution in [3.63, 3.8) is 0 Å². The molecule has 1 atom stereocenters. The van der Waals surface area contributed by atoms with Crippen molar-refractivity contribution in [1.29, 1.82) is 0 Å². The number of aryl methyl sites for hydroxylation is 2. The van der Waals surface area contributed by atoms with Gasteiger partial charge in [-0.2, -0.15) is 4.98 Å². The zero-order valence-corrected chi connectivity index (χ0v) is 12.3. The van der Waals surface area contributed by atoms with E-state index in [1.807, 2.05) is 25.1 Å². The molecule has 2 aromatic rings. The normalized spacial score (nSPS) is 18.6. The van der Waals surface area contributed by atoms with E-state index in [2.05, 4.69) is 15.5 Å². The number of rotatable bonds is 4. The Morgan fingerprint density at radius 3 is 3.10 bits per heavy atom. The Morgan fingerprint density at radius 1 is 1.45 bits per heavy atom. The average Bonchev–Trinajstić information content (AvgIpc) is 3.10. The molecule has 0 amide bonds. The van der Waals surface area contributed by atoms with Gasteiger partial charge in [-0.15, -0.1) is 0 Å². The number of benzene rings is 1. The monoisotopic (exact) mass is 291 g/mol. The third kappa shape index (κ3) is 3.02. The molecule has 5 heteroatoms. The largest absolute Gasteiger partial charge is 0.339 e. The summed E-state index contributed by atoms with van der Waals surface area (Å²) in [6.45, 7) is 4.21. The number of hydrogen-bond acceptors (Lipinski definition) is 4. The molecule has 0 saturated carbocycles. The Labute approximate surface area is 123 Å². The van der Waals surface area contributed by atoms with Gasteiger partial charge in [0.2, 0.25) is 11.7 Å². The summed E-state index contributed by atoms with van der Waals surface area (Å²) in [6.07, 6.45) is 3.19. The van der Waals surface area contributed by atoms with Crippen molar-refractivity contribution in [2.75, 3.05) is 13.1 Å². The maximum absolute atomic E-state index is 6.12. The van der Waals surface area contributed by atoms with E-state index in [1.54, 1.807) is 0 Å². The molecule has 3 rings (SSSR count). The molecule has 4 nitrogen and oxygen atoms in total. The topological polar surface area (TPSA) is 51.0 Å². The van der Waals surface area contributed by atoms with E-state index < -0.39 is 0 Å². The van der Waals surface area contributed by atoms with E-state index in [9.17, 15) is 0 Å². The maximum Gasteiger partial charge on any atom is 0.226 e. The molecular weight excluding hydrogens is 274 g/mol. The highest BCUT2D eigenvalue weighted by atomic mass is 35.5. The Balaban J connectivity index is 1.67. The predicted molar refractivity (Wildman–Crippen MR) is 78.8 cm³/mol. The minimum absolute atomic E-state index is 0.617. The molecule has 0 bridgehead atoms. The molecule has 0 aliphatic carbocycles. The second-order valence-electron chi connectivity index (χ2n) is 5.37. The third-order valence-corrected chi connectivity index (χ3v) is 4.23. The average molecular weight is 292 g/mol. The van der Waals surface area contributed by atoms with E-state index in [0.717, 1.165) is 48.0 Å². The quantitative estimate of drug-likeness (QED) is 0.939. The molecule has 1 aliphatic heterocycles. The second-order valence-corrected chi connectivity index (χ2v) is 5.78. The first kappa shape index (κ1) is 13.6.